The van der Waals surface area contributed by atoms with Crippen molar-refractivity contribution in [1.29, 1.82) is 0 Å². The first-order valence-corrected chi connectivity index (χ1v) is 4.08. The molecule has 0 heterocycles. The molecule has 0 aromatic carbocycles. The van der Waals surface area contributed by atoms with E-state index in [1.165, 1.54) is 6.92 Å². The topological polar surface area (TPSA) is 116 Å². The molecule has 0 amide bonds. The first kappa shape index (κ1) is 9.58. The van der Waals surface area contributed by atoms with Crippen LogP contribution < -0.4 is 11.2 Å². The minimum atomic E-state index is -4.21. The largest absolute Gasteiger partial charge is 0.455 e. The lowest BCUT2D eigenvalue weighted by Gasteiger charge is -2.07. The van der Waals surface area contributed by atoms with Gasteiger partial charge in [-0.15, -0.1) is 0 Å². The van der Waals surface area contributed by atoms with E-state index in [1.807, 2.05) is 0 Å². The van der Waals surface area contributed by atoms with Crippen LogP contribution in [0.3, 0.4) is 0 Å². The normalized spacial score (nSPS) is 19.2. The minimum absolute atomic E-state index is 0.941. The van der Waals surface area contributed by atoms with Gasteiger partial charge in [-0.05, 0) is 6.92 Å². The SMILES string of the molecule is C[C@H](N)C(=O)OP(N)(=O)O. The van der Waals surface area contributed by atoms with Crippen LogP contribution in [0.1, 0.15) is 6.92 Å². The van der Waals surface area contributed by atoms with Crippen molar-refractivity contribution in [3.05, 3.63) is 0 Å². The molecule has 7 heteroatoms. The Bertz CT molecular complexity index is 173. The smallest absolute Gasteiger partial charge is 0.379 e. The average molecular weight is 168 g/mol. The Kier molecular flexibility index (Phi) is 2.98. The number of nitrogens with two attached hydrogens (primary N) is 2. The molecule has 0 aliphatic rings. The van der Waals surface area contributed by atoms with Crippen molar-refractivity contribution in [2.24, 2.45) is 11.2 Å². The summed E-state index contributed by atoms with van der Waals surface area (Å²) in [5.74, 6) is -0.992. The minimum Gasteiger partial charge on any atom is -0.379 e. The highest BCUT2D eigenvalue weighted by molar-refractivity contribution is 7.50. The van der Waals surface area contributed by atoms with Gasteiger partial charge < -0.3 is 15.2 Å². The molecule has 0 spiro atoms. The first-order valence-electron chi connectivity index (χ1n) is 2.43. The quantitative estimate of drug-likeness (QED) is 0.452. The van der Waals surface area contributed by atoms with E-state index in [0.29, 0.717) is 0 Å². The highest BCUT2D eigenvalue weighted by atomic mass is 31.2. The summed E-state index contributed by atoms with van der Waals surface area (Å²) < 4.78 is 14.0. The van der Waals surface area contributed by atoms with Crippen LogP contribution in [0.4, 0.5) is 0 Å². The number of hydrogen-bond acceptors (Lipinski definition) is 4. The van der Waals surface area contributed by atoms with Crippen molar-refractivity contribution < 1.29 is 18.8 Å². The van der Waals surface area contributed by atoms with Crippen LogP contribution in [0.2, 0.25) is 0 Å². The Hall–Kier alpha value is -0.420. The van der Waals surface area contributed by atoms with Gasteiger partial charge in [0.15, 0.2) is 0 Å². The molecule has 2 atom stereocenters. The van der Waals surface area contributed by atoms with Crippen molar-refractivity contribution in [3.8, 4) is 0 Å². The van der Waals surface area contributed by atoms with E-state index < -0.39 is 19.8 Å². The number of carbonyl (C=O) groups excluding carboxylic acids is 1. The number of rotatable bonds is 2. The second-order valence-corrected chi connectivity index (χ2v) is 3.07. The lowest BCUT2D eigenvalue weighted by molar-refractivity contribution is -0.135. The summed E-state index contributed by atoms with van der Waals surface area (Å²) in [5.41, 5.74) is 9.47. The lowest BCUT2D eigenvalue weighted by Crippen LogP contribution is -2.28. The molecule has 5 N–H and O–H groups in total. The highest BCUT2D eigenvalue weighted by Crippen LogP contribution is 2.31. The first-order chi connectivity index (χ1) is 4.33. The highest BCUT2D eigenvalue weighted by Gasteiger charge is 2.20. The molecule has 0 bridgehead atoms. The van der Waals surface area contributed by atoms with Crippen LogP contribution in [0.15, 0.2) is 0 Å². The average Bonchev–Trinajstić information content (AvgIpc) is 1.60. The third-order valence-corrected chi connectivity index (χ3v) is 1.03. The Morgan fingerprint density at radius 1 is 1.80 bits per heavy atom. The van der Waals surface area contributed by atoms with Crippen LogP contribution in [0.25, 0.3) is 0 Å². The number of hydrogen-bond donors (Lipinski definition) is 3. The van der Waals surface area contributed by atoms with Gasteiger partial charge in [-0.2, -0.15) is 0 Å². The summed E-state index contributed by atoms with van der Waals surface area (Å²) in [6, 6.07) is -0.941. The molecule has 0 aromatic heterocycles. The molecule has 1 unspecified atom stereocenters. The Balaban J connectivity index is 3.94. The van der Waals surface area contributed by atoms with Gasteiger partial charge in [-0.3, -0.25) is 4.79 Å². The predicted molar refractivity (Wildman–Crippen MR) is 33.8 cm³/mol. The van der Waals surface area contributed by atoms with Crippen molar-refractivity contribution in [3.63, 3.8) is 0 Å². The van der Waals surface area contributed by atoms with Crippen LogP contribution in [-0.4, -0.2) is 16.9 Å². The van der Waals surface area contributed by atoms with Gasteiger partial charge in [0, 0.05) is 0 Å². The summed E-state index contributed by atoms with van der Waals surface area (Å²) in [6.07, 6.45) is 0. The second-order valence-electron chi connectivity index (χ2n) is 1.76. The van der Waals surface area contributed by atoms with Crippen molar-refractivity contribution >= 4 is 13.7 Å². The van der Waals surface area contributed by atoms with E-state index in [1.54, 1.807) is 0 Å². The summed E-state index contributed by atoms with van der Waals surface area (Å²) in [5, 5.41) is 0. The van der Waals surface area contributed by atoms with Crippen molar-refractivity contribution in [1.82, 2.24) is 0 Å². The lowest BCUT2D eigenvalue weighted by atomic mass is 10.4. The molecule has 0 aromatic rings. The second kappa shape index (κ2) is 3.12. The molecule has 0 aliphatic carbocycles. The summed E-state index contributed by atoms with van der Waals surface area (Å²) in [7, 11) is -4.21. The van der Waals surface area contributed by atoms with Crippen LogP contribution in [0, 0.1) is 0 Å². The fourth-order valence-electron chi connectivity index (χ4n) is 0.212. The van der Waals surface area contributed by atoms with Crippen LogP contribution in [-0.2, 0) is 13.9 Å². The van der Waals surface area contributed by atoms with Crippen molar-refractivity contribution in [2.45, 2.75) is 13.0 Å². The zero-order valence-electron chi connectivity index (χ0n) is 5.35. The number of carbonyl (C=O) groups is 1. The third kappa shape index (κ3) is 4.46. The van der Waals surface area contributed by atoms with Gasteiger partial charge in [0.2, 0.25) is 0 Å². The standard InChI is InChI=1S/C3H9N2O4P/c1-2(4)3(6)9-10(5,7)8/h2H,4H2,1H3,(H3,5,7,8)/t2-/m0/s1. The van der Waals surface area contributed by atoms with Gasteiger partial charge in [-0.25, -0.2) is 10.1 Å². The molecule has 10 heavy (non-hydrogen) atoms. The predicted octanol–water partition coefficient (Wildman–Crippen LogP) is -1.06. The molecule has 0 aliphatic heterocycles. The van der Waals surface area contributed by atoms with Gasteiger partial charge in [-0.1, -0.05) is 0 Å². The Morgan fingerprint density at radius 3 is 2.30 bits per heavy atom. The molecule has 0 fully saturated rings. The maximum absolute atomic E-state index is 10.4. The van der Waals surface area contributed by atoms with Gasteiger partial charge in [0.25, 0.3) is 0 Å². The zero-order chi connectivity index (χ0) is 8.36. The van der Waals surface area contributed by atoms with E-state index in [9.17, 15) is 9.36 Å². The molecular weight excluding hydrogens is 159 g/mol. The summed E-state index contributed by atoms with van der Waals surface area (Å²) >= 11 is 0. The van der Waals surface area contributed by atoms with Crippen LogP contribution in [0.5, 0.6) is 0 Å². The molecule has 0 rings (SSSR count). The van der Waals surface area contributed by atoms with Crippen molar-refractivity contribution in [2.75, 3.05) is 0 Å². The Morgan fingerprint density at radius 2 is 2.20 bits per heavy atom. The Labute approximate surface area is 57.7 Å². The van der Waals surface area contributed by atoms with Crippen LogP contribution >= 0.6 is 7.75 Å². The molecule has 0 saturated heterocycles. The molecule has 0 radical (unpaired) electrons. The molecule has 6 nitrogen and oxygen atoms in total. The zero-order valence-corrected chi connectivity index (χ0v) is 6.25. The monoisotopic (exact) mass is 168 g/mol. The van der Waals surface area contributed by atoms with Gasteiger partial charge >= 0.3 is 13.7 Å². The maximum atomic E-state index is 10.4. The third-order valence-electron chi connectivity index (χ3n) is 0.593. The fourth-order valence-corrected chi connectivity index (χ4v) is 0.636. The van der Waals surface area contributed by atoms with E-state index in [0.717, 1.165) is 0 Å². The van der Waals surface area contributed by atoms with Gasteiger partial charge in [0.1, 0.15) is 6.04 Å². The van der Waals surface area contributed by atoms with Gasteiger partial charge in [0.05, 0.1) is 0 Å². The van der Waals surface area contributed by atoms with E-state index in [4.69, 9.17) is 10.6 Å². The van der Waals surface area contributed by atoms with E-state index in [-0.39, 0.29) is 0 Å². The molecule has 0 saturated carbocycles. The fraction of sp³-hybridized carbons (Fsp3) is 0.667. The maximum Gasteiger partial charge on any atom is 0.455 e. The van der Waals surface area contributed by atoms with E-state index in [2.05, 4.69) is 10.0 Å². The molecular formula is C3H9N2O4P. The van der Waals surface area contributed by atoms with E-state index >= 15 is 0 Å². The summed E-state index contributed by atoms with van der Waals surface area (Å²) in [4.78, 5) is 18.7. The summed E-state index contributed by atoms with van der Waals surface area (Å²) in [6.45, 7) is 1.32. The molecule has 60 valence electrons.